The summed E-state index contributed by atoms with van der Waals surface area (Å²) < 4.78 is 39.5. The van der Waals surface area contributed by atoms with Crippen molar-refractivity contribution < 1.29 is 18.0 Å². The van der Waals surface area contributed by atoms with Crippen LogP contribution in [0.4, 0.5) is 13.2 Å². The molecule has 1 amide bonds. The summed E-state index contributed by atoms with van der Waals surface area (Å²) in [5.41, 5.74) is -0.190. The second-order valence-electron chi connectivity index (χ2n) is 5.32. The summed E-state index contributed by atoms with van der Waals surface area (Å²) in [6.45, 7) is 3.88. The lowest BCUT2D eigenvalue weighted by atomic mass is 10.1. The Balaban J connectivity index is 2.16. The van der Waals surface area contributed by atoms with Gasteiger partial charge >= 0.3 is 6.18 Å². The van der Waals surface area contributed by atoms with Gasteiger partial charge in [0.25, 0.3) is 11.5 Å². The zero-order chi connectivity index (χ0) is 17.9. The summed E-state index contributed by atoms with van der Waals surface area (Å²) in [6, 6.07) is 7.77. The van der Waals surface area contributed by atoms with E-state index in [1.54, 1.807) is 19.9 Å². The Kier molecular flexibility index (Phi) is 5.11. The van der Waals surface area contributed by atoms with Crippen LogP contribution in [0.3, 0.4) is 0 Å². The maximum atomic E-state index is 12.7. The highest BCUT2D eigenvalue weighted by Crippen LogP contribution is 2.29. The lowest BCUT2D eigenvalue weighted by molar-refractivity contribution is -0.137. The number of alkyl halides is 3. The number of pyridine rings is 1. The van der Waals surface area contributed by atoms with Crippen molar-refractivity contribution in [1.29, 1.82) is 0 Å². The molecule has 0 bridgehead atoms. The highest BCUT2D eigenvalue weighted by molar-refractivity contribution is 5.93. The first kappa shape index (κ1) is 17.8. The molecule has 1 aromatic carbocycles. The van der Waals surface area contributed by atoms with Crippen LogP contribution in [0.2, 0.25) is 0 Å². The molecule has 2 rings (SSSR count). The summed E-state index contributed by atoms with van der Waals surface area (Å²) in [7, 11) is 0. The van der Waals surface area contributed by atoms with Crippen LogP contribution in [0.25, 0.3) is 0 Å². The highest BCUT2D eigenvalue weighted by atomic mass is 19.4. The van der Waals surface area contributed by atoms with Crippen molar-refractivity contribution in [3.05, 3.63) is 69.1 Å². The first-order chi connectivity index (χ1) is 11.2. The number of amides is 1. The SMILES string of the molecule is CCn1c(C)ccc(C(=O)NCc2cccc(C(F)(F)F)c2)c1=O. The molecular weight excluding hydrogens is 321 g/mol. The van der Waals surface area contributed by atoms with E-state index >= 15 is 0 Å². The second kappa shape index (κ2) is 6.90. The number of aromatic nitrogens is 1. The summed E-state index contributed by atoms with van der Waals surface area (Å²) in [4.78, 5) is 24.4. The van der Waals surface area contributed by atoms with E-state index in [9.17, 15) is 22.8 Å². The third-order valence-electron chi connectivity index (χ3n) is 3.66. The van der Waals surface area contributed by atoms with Gasteiger partial charge in [-0.15, -0.1) is 0 Å². The Morgan fingerprint density at radius 3 is 2.54 bits per heavy atom. The van der Waals surface area contributed by atoms with Crippen molar-refractivity contribution in [2.75, 3.05) is 0 Å². The van der Waals surface area contributed by atoms with Gasteiger partial charge in [-0.05, 0) is 43.7 Å². The molecule has 1 heterocycles. The minimum atomic E-state index is -4.44. The maximum absolute atomic E-state index is 12.7. The van der Waals surface area contributed by atoms with Gasteiger partial charge in [0.2, 0.25) is 0 Å². The van der Waals surface area contributed by atoms with E-state index in [1.165, 1.54) is 22.8 Å². The van der Waals surface area contributed by atoms with Crippen LogP contribution in [-0.2, 0) is 19.3 Å². The summed E-state index contributed by atoms with van der Waals surface area (Å²) in [5.74, 6) is -0.611. The molecule has 0 atom stereocenters. The van der Waals surface area contributed by atoms with Crippen LogP contribution in [0.5, 0.6) is 0 Å². The topological polar surface area (TPSA) is 51.1 Å². The number of hydrogen-bond donors (Lipinski definition) is 1. The molecule has 0 aliphatic rings. The standard InChI is InChI=1S/C17H17F3N2O2/c1-3-22-11(2)7-8-14(16(22)24)15(23)21-10-12-5-4-6-13(9-12)17(18,19)20/h4-9H,3,10H2,1-2H3,(H,21,23). The normalized spacial score (nSPS) is 11.4. The number of carbonyl (C=O) groups excluding carboxylic acids is 1. The van der Waals surface area contributed by atoms with Crippen LogP contribution >= 0.6 is 0 Å². The average molecular weight is 338 g/mol. The summed E-state index contributed by atoms with van der Waals surface area (Å²) >= 11 is 0. The van der Waals surface area contributed by atoms with Gasteiger partial charge in [0.15, 0.2) is 0 Å². The van der Waals surface area contributed by atoms with E-state index < -0.39 is 23.2 Å². The molecule has 2 aromatic rings. The van der Waals surface area contributed by atoms with E-state index in [0.717, 1.165) is 17.8 Å². The van der Waals surface area contributed by atoms with Crippen LogP contribution in [0.15, 0.2) is 41.2 Å². The second-order valence-corrected chi connectivity index (χ2v) is 5.32. The molecule has 0 saturated carbocycles. The molecule has 4 nitrogen and oxygen atoms in total. The quantitative estimate of drug-likeness (QED) is 0.931. The fraction of sp³-hybridized carbons (Fsp3) is 0.294. The Hall–Kier alpha value is -2.57. The van der Waals surface area contributed by atoms with Crippen molar-refractivity contribution in [2.24, 2.45) is 0 Å². The third-order valence-corrected chi connectivity index (χ3v) is 3.66. The predicted octanol–water partition coefficient (Wildman–Crippen LogP) is 3.13. The molecule has 0 unspecified atom stereocenters. The number of halogens is 3. The molecule has 7 heteroatoms. The van der Waals surface area contributed by atoms with Crippen LogP contribution < -0.4 is 10.9 Å². The van der Waals surface area contributed by atoms with E-state index in [0.29, 0.717) is 12.1 Å². The lowest BCUT2D eigenvalue weighted by Crippen LogP contribution is -2.33. The van der Waals surface area contributed by atoms with Crippen molar-refractivity contribution in [3.63, 3.8) is 0 Å². The number of hydrogen-bond acceptors (Lipinski definition) is 2. The fourth-order valence-electron chi connectivity index (χ4n) is 2.37. The highest BCUT2D eigenvalue weighted by Gasteiger charge is 2.30. The largest absolute Gasteiger partial charge is 0.416 e. The molecule has 0 radical (unpaired) electrons. The molecule has 0 fully saturated rings. The predicted molar refractivity (Wildman–Crippen MR) is 83.7 cm³/mol. The molecule has 0 aliphatic heterocycles. The fourth-order valence-corrected chi connectivity index (χ4v) is 2.37. The molecular formula is C17H17F3N2O2. The van der Waals surface area contributed by atoms with Gasteiger partial charge in [-0.25, -0.2) is 0 Å². The van der Waals surface area contributed by atoms with Crippen LogP contribution in [0, 0.1) is 6.92 Å². The number of nitrogens with one attached hydrogen (secondary N) is 1. The first-order valence-electron chi connectivity index (χ1n) is 7.38. The van der Waals surface area contributed by atoms with Gasteiger partial charge in [0, 0.05) is 18.8 Å². The first-order valence-corrected chi connectivity index (χ1v) is 7.38. The number of carbonyl (C=O) groups is 1. The lowest BCUT2D eigenvalue weighted by Gasteiger charge is -2.11. The van der Waals surface area contributed by atoms with Gasteiger partial charge in [-0.3, -0.25) is 9.59 Å². The van der Waals surface area contributed by atoms with Gasteiger partial charge in [0.1, 0.15) is 5.56 Å². The molecule has 128 valence electrons. The van der Waals surface area contributed by atoms with E-state index in [-0.39, 0.29) is 12.1 Å². The summed E-state index contributed by atoms with van der Waals surface area (Å²) in [5, 5.41) is 2.49. The van der Waals surface area contributed by atoms with Crippen molar-refractivity contribution in [1.82, 2.24) is 9.88 Å². The number of benzene rings is 1. The van der Waals surface area contributed by atoms with Crippen molar-refractivity contribution in [3.8, 4) is 0 Å². The number of rotatable bonds is 4. The van der Waals surface area contributed by atoms with Gasteiger partial charge < -0.3 is 9.88 Å². The van der Waals surface area contributed by atoms with Gasteiger partial charge in [-0.1, -0.05) is 12.1 Å². The monoisotopic (exact) mass is 338 g/mol. The summed E-state index contributed by atoms with van der Waals surface area (Å²) in [6.07, 6.45) is -4.44. The number of aryl methyl sites for hydroxylation is 1. The Labute approximate surface area is 136 Å². The smallest absolute Gasteiger partial charge is 0.348 e. The molecule has 0 saturated heterocycles. The van der Waals surface area contributed by atoms with Crippen molar-refractivity contribution >= 4 is 5.91 Å². The average Bonchev–Trinajstić information content (AvgIpc) is 2.52. The Morgan fingerprint density at radius 2 is 1.92 bits per heavy atom. The van der Waals surface area contributed by atoms with Gasteiger partial charge in [-0.2, -0.15) is 13.2 Å². The maximum Gasteiger partial charge on any atom is 0.416 e. The molecule has 0 spiro atoms. The van der Waals surface area contributed by atoms with Crippen LogP contribution in [0.1, 0.15) is 34.1 Å². The molecule has 0 aliphatic carbocycles. The van der Waals surface area contributed by atoms with Gasteiger partial charge in [0.05, 0.1) is 5.56 Å². The van der Waals surface area contributed by atoms with Crippen LogP contribution in [-0.4, -0.2) is 10.5 Å². The van der Waals surface area contributed by atoms with E-state index in [2.05, 4.69) is 5.32 Å². The zero-order valence-electron chi connectivity index (χ0n) is 13.3. The zero-order valence-corrected chi connectivity index (χ0v) is 13.3. The molecule has 1 N–H and O–H groups in total. The molecule has 1 aromatic heterocycles. The van der Waals surface area contributed by atoms with E-state index in [4.69, 9.17) is 0 Å². The Bertz CT molecular complexity index is 810. The van der Waals surface area contributed by atoms with Crippen molar-refractivity contribution in [2.45, 2.75) is 33.1 Å². The minimum Gasteiger partial charge on any atom is -0.348 e. The van der Waals surface area contributed by atoms with E-state index in [1.807, 2.05) is 0 Å². The number of nitrogens with zero attached hydrogens (tertiary/aromatic N) is 1. The third kappa shape index (κ3) is 3.84. The molecule has 24 heavy (non-hydrogen) atoms. The Morgan fingerprint density at radius 1 is 1.21 bits per heavy atom. The minimum absolute atomic E-state index is 0.0329.